The van der Waals surface area contributed by atoms with E-state index in [1.807, 2.05) is 56.3 Å². The molecule has 4 aromatic rings. The molecule has 2 amide bonds. The van der Waals surface area contributed by atoms with Gasteiger partial charge in [0, 0.05) is 16.6 Å². The van der Waals surface area contributed by atoms with E-state index in [2.05, 4.69) is 21.5 Å². The third-order valence-electron chi connectivity index (χ3n) is 6.14. The summed E-state index contributed by atoms with van der Waals surface area (Å²) in [6.07, 6.45) is 0.420. The highest BCUT2D eigenvalue weighted by molar-refractivity contribution is 6.15. The topological polar surface area (TPSA) is 116 Å². The molecule has 2 unspecified atom stereocenters. The van der Waals surface area contributed by atoms with Gasteiger partial charge in [-0.2, -0.15) is 0 Å². The van der Waals surface area contributed by atoms with E-state index < -0.39 is 11.9 Å². The number of phenols is 1. The maximum Gasteiger partial charge on any atom is 0.293 e. The summed E-state index contributed by atoms with van der Waals surface area (Å²) in [5.41, 5.74) is 10.3. The lowest BCUT2D eigenvalue weighted by Gasteiger charge is -2.13. The van der Waals surface area contributed by atoms with E-state index in [0.29, 0.717) is 28.8 Å². The summed E-state index contributed by atoms with van der Waals surface area (Å²) in [5.74, 6) is -0.575. The molecule has 0 bridgehead atoms. The predicted molar refractivity (Wildman–Crippen MR) is 134 cm³/mol. The second-order valence-corrected chi connectivity index (χ2v) is 8.80. The molecule has 3 aromatic carbocycles. The number of furan rings is 1. The molecule has 5 rings (SSSR count). The molecule has 0 radical (unpaired) electrons. The Balaban J connectivity index is 1.37. The lowest BCUT2D eigenvalue weighted by Crippen LogP contribution is -2.39. The minimum Gasteiger partial charge on any atom is -0.508 e. The van der Waals surface area contributed by atoms with E-state index in [1.165, 1.54) is 0 Å². The summed E-state index contributed by atoms with van der Waals surface area (Å²) in [7, 11) is 0. The molecule has 0 saturated carbocycles. The number of aryl methyl sites for hydroxylation is 2. The number of hydrazine groups is 1. The standard InChI is InChI=1S/C27H26N4O4/c1-15-7-10-17(11-8-15)28-27(34)25-24(18-5-3-4-6-23(18)35-25)29-26(33)21-14-20(30-31-21)19-13-16(2)9-12-22(19)32/h3-13,20-21,30-32H,14H2,1-2H3,(H,28,34)(H,29,33). The summed E-state index contributed by atoms with van der Waals surface area (Å²) in [4.78, 5) is 26.3. The highest BCUT2D eigenvalue weighted by Crippen LogP contribution is 2.34. The van der Waals surface area contributed by atoms with Crippen molar-refractivity contribution in [1.82, 2.24) is 10.9 Å². The molecule has 1 aliphatic heterocycles. The SMILES string of the molecule is Cc1ccc(NC(=O)c2oc3ccccc3c2NC(=O)C2CC(c3cc(C)ccc3O)NN2)cc1. The lowest BCUT2D eigenvalue weighted by atomic mass is 9.99. The predicted octanol–water partition coefficient (Wildman–Crippen LogP) is 4.55. The van der Waals surface area contributed by atoms with Gasteiger partial charge in [-0.1, -0.05) is 47.5 Å². The van der Waals surface area contributed by atoms with Crippen LogP contribution in [0.4, 0.5) is 11.4 Å². The maximum atomic E-state index is 13.2. The number of amides is 2. The quantitative estimate of drug-likeness (QED) is 0.292. The molecule has 1 aromatic heterocycles. The van der Waals surface area contributed by atoms with E-state index >= 15 is 0 Å². The summed E-state index contributed by atoms with van der Waals surface area (Å²) >= 11 is 0. The van der Waals surface area contributed by atoms with Crippen molar-refractivity contribution in [2.24, 2.45) is 0 Å². The number of anilines is 2. The average molecular weight is 471 g/mol. The third kappa shape index (κ3) is 4.62. The normalized spacial score (nSPS) is 17.4. The first-order chi connectivity index (χ1) is 16.9. The number of para-hydroxylation sites is 1. The molecule has 178 valence electrons. The van der Waals surface area contributed by atoms with Crippen molar-refractivity contribution in [3.8, 4) is 5.75 Å². The zero-order chi connectivity index (χ0) is 24.5. The fourth-order valence-electron chi connectivity index (χ4n) is 4.25. The minimum absolute atomic E-state index is 0.0268. The summed E-state index contributed by atoms with van der Waals surface area (Å²) < 4.78 is 5.84. The van der Waals surface area contributed by atoms with E-state index in [-0.39, 0.29) is 23.5 Å². The van der Waals surface area contributed by atoms with Crippen LogP contribution in [0.5, 0.6) is 5.75 Å². The smallest absolute Gasteiger partial charge is 0.293 e. The first-order valence-electron chi connectivity index (χ1n) is 11.4. The van der Waals surface area contributed by atoms with Gasteiger partial charge < -0.3 is 20.2 Å². The molecular formula is C27H26N4O4. The van der Waals surface area contributed by atoms with Gasteiger partial charge in [0.2, 0.25) is 11.7 Å². The molecule has 0 spiro atoms. The zero-order valence-electron chi connectivity index (χ0n) is 19.4. The number of carbonyl (C=O) groups excluding carboxylic acids is 2. The van der Waals surface area contributed by atoms with E-state index in [1.54, 1.807) is 24.3 Å². The molecule has 2 atom stereocenters. The first-order valence-corrected chi connectivity index (χ1v) is 11.4. The van der Waals surface area contributed by atoms with Crippen LogP contribution in [0.25, 0.3) is 11.0 Å². The zero-order valence-corrected chi connectivity index (χ0v) is 19.4. The van der Waals surface area contributed by atoms with Crippen molar-refractivity contribution >= 4 is 34.2 Å². The summed E-state index contributed by atoms with van der Waals surface area (Å²) in [5, 5.41) is 16.6. The first kappa shape index (κ1) is 22.6. The van der Waals surface area contributed by atoms with Gasteiger partial charge in [-0.3, -0.25) is 9.59 Å². The number of hydrogen-bond donors (Lipinski definition) is 5. The Kier molecular flexibility index (Phi) is 5.98. The summed E-state index contributed by atoms with van der Waals surface area (Å²) in [6.45, 7) is 3.91. The van der Waals surface area contributed by atoms with Gasteiger partial charge in [-0.25, -0.2) is 10.9 Å². The number of benzene rings is 3. The molecule has 1 saturated heterocycles. The fraction of sp³-hybridized carbons (Fsp3) is 0.185. The van der Waals surface area contributed by atoms with Crippen LogP contribution in [0.2, 0.25) is 0 Å². The van der Waals surface area contributed by atoms with Crippen LogP contribution < -0.4 is 21.5 Å². The number of nitrogens with one attached hydrogen (secondary N) is 4. The Morgan fingerprint density at radius 3 is 2.49 bits per heavy atom. The van der Waals surface area contributed by atoms with Crippen LogP contribution >= 0.6 is 0 Å². The van der Waals surface area contributed by atoms with Gasteiger partial charge in [-0.15, -0.1) is 0 Å². The Morgan fingerprint density at radius 1 is 0.943 bits per heavy atom. The highest BCUT2D eigenvalue weighted by atomic mass is 16.3. The average Bonchev–Trinajstić information content (AvgIpc) is 3.48. The van der Waals surface area contributed by atoms with Crippen molar-refractivity contribution < 1.29 is 19.1 Å². The Hall–Kier alpha value is -4.14. The van der Waals surface area contributed by atoms with Crippen molar-refractivity contribution in [2.75, 3.05) is 10.6 Å². The number of rotatable bonds is 5. The van der Waals surface area contributed by atoms with Gasteiger partial charge in [0.05, 0.1) is 6.04 Å². The van der Waals surface area contributed by atoms with E-state index in [4.69, 9.17) is 4.42 Å². The van der Waals surface area contributed by atoms with Crippen molar-refractivity contribution in [3.63, 3.8) is 0 Å². The molecule has 5 N–H and O–H groups in total. The number of carbonyl (C=O) groups is 2. The fourth-order valence-corrected chi connectivity index (χ4v) is 4.25. The summed E-state index contributed by atoms with van der Waals surface area (Å²) in [6, 6.07) is 19.1. The number of hydrogen-bond acceptors (Lipinski definition) is 6. The molecular weight excluding hydrogens is 444 g/mol. The van der Waals surface area contributed by atoms with Crippen LogP contribution in [-0.4, -0.2) is 23.0 Å². The van der Waals surface area contributed by atoms with Crippen LogP contribution in [0.1, 0.15) is 39.7 Å². The van der Waals surface area contributed by atoms with Gasteiger partial charge in [-0.05, 0) is 50.6 Å². The lowest BCUT2D eigenvalue weighted by molar-refractivity contribution is -0.117. The van der Waals surface area contributed by atoms with Gasteiger partial charge in [0.25, 0.3) is 5.91 Å². The molecule has 1 aliphatic rings. The number of phenolic OH excluding ortho intramolecular Hbond substituents is 1. The maximum absolute atomic E-state index is 13.2. The molecule has 0 aliphatic carbocycles. The van der Waals surface area contributed by atoms with Crippen molar-refractivity contribution in [3.05, 3.63) is 89.2 Å². The minimum atomic E-state index is -0.582. The van der Waals surface area contributed by atoms with E-state index in [9.17, 15) is 14.7 Å². The van der Waals surface area contributed by atoms with Gasteiger partial charge in [0.1, 0.15) is 23.1 Å². The largest absolute Gasteiger partial charge is 0.508 e. The monoisotopic (exact) mass is 470 g/mol. The molecule has 2 heterocycles. The Bertz CT molecular complexity index is 1410. The molecule has 8 heteroatoms. The Labute approximate surface area is 202 Å². The molecule has 35 heavy (non-hydrogen) atoms. The van der Waals surface area contributed by atoms with Crippen LogP contribution in [-0.2, 0) is 4.79 Å². The third-order valence-corrected chi connectivity index (χ3v) is 6.14. The van der Waals surface area contributed by atoms with Crippen LogP contribution in [0.3, 0.4) is 0 Å². The van der Waals surface area contributed by atoms with Crippen LogP contribution in [0.15, 0.2) is 71.1 Å². The number of fused-ring (bicyclic) bond motifs is 1. The van der Waals surface area contributed by atoms with Crippen molar-refractivity contribution in [2.45, 2.75) is 32.4 Å². The highest BCUT2D eigenvalue weighted by Gasteiger charge is 2.33. The van der Waals surface area contributed by atoms with E-state index in [0.717, 1.165) is 16.7 Å². The van der Waals surface area contributed by atoms with Crippen molar-refractivity contribution in [1.29, 1.82) is 0 Å². The Morgan fingerprint density at radius 2 is 1.69 bits per heavy atom. The molecule has 8 nitrogen and oxygen atoms in total. The van der Waals surface area contributed by atoms with Crippen LogP contribution in [0, 0.1) is 13.8 Å². The van der Waals surface area contributed by atoms with Gasteiger partial charge >= 0.3 is 0 Å². The number of aromatic hydroxyl groups is 1. The molecule has 1 fully saturated rings. The van der Waals surface area contributed by atoms with Gasteiger partial charge in [0.15, 0.2) is 0 Å². The second kappa shape index (κ2) is 9.25. The second-order valence-electron chi connectivity index (χ2n) is 8.80.